The fraction of sp³-hybridized carbons (Fsp3) is 0.462. The maximum absolute atomic E-state index is 13.7. The Bertz CT molecular complexity index is 1180. The number of fused-ring (bicyclic) bond motifs is 1. The predicted octanol–water partition coefficient (Wildman–Crippen LogP) is 3.21. The molecule has 1 aliphatic rings. The number of ether oxygens (including phenoxy) is 2. The van der Waals surface area contributed by atoms with Gasteiger partial charge in [0, 0.05) is 18.7 Å². The first kappa shape index (κ1) is 27.3. The molecule has 0 fully saturated rings. The molecule has 1 heterocycles. The van der Waals surface area contributed by atoms with Crippen molar-refractivity contribution < 1.29 is 27.5 Å². The number of sulfonamides is 1. The number of nitrogens with zero attached hydrogens (tertiary/aromatic N) is 2. The monoisotopic (exact) mass is 517 g/mol. The third-order valence-electron chi connectivity index (χ3n) is 6.18. The van der Waals surface area contributed by atoms with Gasteiger partial charge in [-0.15, -0.1) is 0 Å². The van der Waals surface area contributed by atoms with Crippen molar-refractivity contribution in [3.8, 4) is 11.5 Å². The molecule has 2 aromatic carbocycles. The number of hydrogen-bond donors (Lipinski definition) is 1. The minimum absolute atomic E-state index is 0.0460. The molecule has 1 aliphatic heterocycles. The van der Waals surface area contributed by atoms with Crippen LogP contribution in [-0.4, -0.2) is 56.8 Å². The summed E-state index contributed by atoms with van der Waals surface area (Å²) in [7, 11) is -3.83. The number of carbonyl (C=O) groups is 2. The number of benzene rings is 2. The fourth-order valence-electron chi connectivity index (χ4n) is 3.90. The number of carbonyl (C=O) groups excluding carboxylic acids is 2. The van der Waals surface area contributed by atoms with E-state index in [1.54, 1.807) is 12.1 Å². The zero-order valence-electron chi connectivity index (χ0n) is 21.5. The molecule has 2 atom stereocenters. The first-order valence-electron chi connectivity index (χ1n) is 12.1. The van der Waals surface area contributed by atoms with Crippen LogP contribution in [0.5, 0.6) is 11.5 Å². The molecule has 36 heavy (non-hydrogen) atoms. The van der Waals surface area contributed by atoms with Crippen molar-refractivity contribution in [2.75, 3.05) is 23.9 Å². The highest BCUT2D eigenvalue weighted by Crippen LogP contribution is 2.36. The normalized spacial score (nSPS) is 14.1. The molecule has 0 spiro atoms. The molecule has 2 unspecified atom stereocenters. The van der Waals surface area contributed by atoms with Crippen LogP contribution in [0.3, 0.4) is 0 Å². The van der Waals surface area contributed by atoms with E-state index in [4.69, 9.17) is 9.47 Å². The van der Waals surface area contributed by atoms with E-state index in [9.17, 15) is 18.0 Å². The van der Waals surface area contributed by atoms with Crippen molar-refractivity contribution in [2.45, 2.75) is 59.2 Å². The van der Waals surface area contributed by atoms with E-state index in [1.807, 2.05) is 52.0 Å². The SMILES string of the molecule is CCC(C)NC(=O)C(CC)N(Cc1ccc(C)cc1)C(=O)CN(c1ccc2c(c1)OCO2)S(C)(=O)=O. The quantitative estimate of drug-likeness (QED) is 0.491. The lowest BCUT2D eigenvalue weighted by molar-refractivity contribution is -0.140. The Hall–Kier alpha value is -3.27. The summed E-state index contributed by atoms with van der Waals surface area (Å²) in [5.41, 5.74) is 2.20. The van der Waals surface area contributed by atoms with Gasteiger partial charge in [0.2, 0.25) is 28.6 Å². The second kappa shape index (κ2) is 11.6. The van der Waals surface area contributed by atoms with Crippen LogP contribution in [0, 0.1) is 6.92 Å². The van der Waals surface area contributed by atoms with Crippen LogP contribution >= 0.6 is 0 Å². The lowest BCUT2D eigenvalue weighted by atomic mass is 10.1. The number of anilines is 1. The topological polar surface area (TPSA) is 105 Å². The predicted molar refractivity (Wildman–Crippen MR) is 138 cm³/mol. The van der Waals surface area contributed by atoms with Crippen LogP contribution in [0.25, 0.3) is 0 Å². The molecule has 0 saturated carbocycles. The van der Waals surface area contributed by atoms with Gasteiger partial charge in [-0.3, -0.25) is 13.9 Å². The Labute approximate surface area is 213 Å². The minimum Gasteiger partial charge on any atom is -0.454 e. The molecule has 9 nitrogen and oxygen atoms in total. The first-order chi connectivity index (χ1) is 17.0. The molecule has 0 radical (unpaired) electrons. The van der Waals surface area contributed by atoms with Crippen LogP contribution in [0.2, 0.25) is 0 Å². The molecule has 2 aromatic rings. The number of amides is 2. The molecule has 0 aliphatic carbocycles. The smallest absolute Gasteiger partial charge is 0.244 e. The number of nitrogens with one attached hydrogen (secondary N) is 1. The maximum atomic E-state index is 13.7. The van der Waals surface area contributed by atoms with Crippen molar-refractivity contribution in [3.63, 3.8) is 0 Å². The second-order valence-electron chi connectivity index (χ2n) is 9.06. The first-order valence-corrected chi connectivity index (χ1v) is 13.9. The zero-order chi connectivity index (χ0) is 26.5. The minimum atomic E-state index is -3.83. The van der Waals surface area contributed by atoms with Gasteiger partial charge in [-0.05, 0) is 44.4 Å². The van der Waals surface area contributed by atoms with Gasteiger partial charge in [-0.2, -0.15) is 0 Å². The van der Waals surface area contributed by atoms with Gasteiger partial charge in [0.05, 0.1) is 11.9 Å². The summed E-state index contributed by atoms with van der Waals surface area (Å²) in [4.78, 5) is 28.3. The van der Waals surface area contributed by atoms with Crippen LogP contribution in [0.15, 0.2) is 42.5 Å². The van der Waals surface area contributed by atoms with E-state index < -0.39 is 28.5 Å². The summed E-state index contributed by atoms with van der Waals surface area (Å²) in [5, 5.41) is 2.96. The fourth-order valence-corrected chi connectivity index (χ4v) is 4.75. The Morgan fingerprint density at radius 2 is 1.69 bits per heavy atom. The molecular formula is C26H35N3O6S. The molecule has 3 rings (SSSR count). The molecule has 2 amide bonds. The van der Waals surface area contributed by atoms with E-state index >= 15 is 0 Å². The summed E-state index contributed by atoms with van der Waals surface area (Å²) < 4.78 is 37.2. The summed E-state index contributed by atoms with van der Waals surface area (Å²) in [6, 6.07) is 11.6. The van der Waals surface area contributed by atoms with Gasteiger partial charge in [0.1, 0.15) is 12.6 Å². The highest BCUT2D eigenvalue weighted by Gasteiger charge is 2.32. The van der Waals surface area contributed by atoms with Crippen molar-refractivity contribution in [3.05, 3.63) is 53.6 Å². The highest BCUT2D eigenvalue weighted by atomic mass is 32.2. The van der Waals surface area contributed by atoms with E-state index in [0.717, 1.165) is 28.1 Å². The summed E-state index contributed by atoms with van der Waals surface area (Å²) in [6.07, 6.45) is 2.17. The van der Waals surface area contributed by atoms with E-state index in [1.165, 1.54) is 11.0 Å². The van der Waals surface area contributed by atoms with Crippen molar-refractivity contribution >= 4 is 27.5 Å². The zero-order valence-corrected chi connectivity index (χ0v) is 22.3. The van der Waals surface area contributed by atoms with Gasteiger partial charge in [0.25, 0.3) is 0 Å². The molecule has 10 heteroatoms. The molecular weight excluding hydrogens is 482 g/mol. The second-order valence-corrected chi connectivity index (χ2v) is 11.0. The van der Waals surface area contributed by atoms with E-state index in [0.29, 0.717) is 17.9 Å². The Kier molecular flexibility index (Phi) is 8.84. The third kappa shape index (κ3) is 6.69. The van der Waals surface area contributed by atoms with Crippen molar-refractivity contribution in [1.29, 1.82) is 0 Å². The van der Waals surface area contributed by atoms with E-state index in [2.05, 4.69) is 5.32 Å². The van der Waals surface area contributed by atoms with Crippen molar-refractivity contribution in [1.82, 2.24) is 10.2 Å². The Balaban J connectivity index is 1.94. The number of rotatable bonds is 11. The van der Waals surface area contributed by atoms with Crippen LogP contribution < -0.4 is 19.1 Å². The highest BCUT2D eigenvalue weighted by molar-refractivity contribution is 7.92. The molecule has 0 aromatic heterocycles. The maximum Gasteiger partial charge on any atom is 0.244 e. The molecule has 0 bridgehead atoms. The standard InChI is InChI=1S/C26H35N3O6S/c1-6-19(4)27-26(31)22(7-2)28(15-20-10-8-18(3)9-11-20)25(30)16-29(36(5,32)33)21-12-13-23-24(14-21)35-17-34-23/h8-14,19,22H,6-7,15-17H2,1-5H3,(H,27,31). The van der Waals surface area contributed by atoms with Crippen molar-refractivity contribution in [2.24, 2.45) is 0 Å². The average Bonchev–Trinajstić information content (AvgIpc) is 3.30. The van der Waals surface area contributed by atoms with Crippen LogP contribution in [-0.2, 0) is 26.2 Å². The Morgan fingerprint density at radius 3 is 2.31 bits per heavy atom. The lowest BCUT2D eigenvalue weighted by Crippen LogP contribution is -2.53. The van der Waals surface area contributed by atoms with E-state index in [-0.39, 0.29) is 31.0 Å². The molecule has 196 valence electrons. The van der Waals surface area contributed by atoms with Gasteiger partial charge in [0.15, 0.2) is 11.5 Å². The summed E-state index contributed by atoms with van der Waals surface area (Å²) in [5.74, 6) is 0.169. The van der Waals surface area contributed by atoms with Gasteiger partial charge >= 0.3 is 0 Å². The summed E-state index contributed by atoms with van der Waals surface area (Å²) >= 11 is 0. The summed E-state index contributed by atoms with van der Waals surface area (Å²) in [6.45, 7) is 7.43. The third-order valence-corrected chi connectivity index (χ3v) is 7.32. The van der Waals surface area contributed by atoms with Crippen LogP contribution in [0.4, 0.5) is 5.69 Å². The van der Waals surface area contributed by atoms with Gasteiger partial charge in [-0.1, -0.05) is 43.7 Å². The van der Waals surface area contributed by atoms with Gasteiger partial charge in [-0.25, -0.2) is 8.42 Å². The van der Waals surface area contributed by atoms with Gasteiger partial charge < -0.3 is 19.7 Å². The Morgan fingerprint density at radius 1 is 1.03 bits per heavy atom. The number of hydrogen-bond acceptors (Lipinski definition) is 6. The lowest BCUT2D eigenvalue weighted by Gasteiger charge is -2.33. The largest absolute Gasteiger partial charge is 0.454 e. The average molecular weight is 518 g/mol. The number of aryl methyl sites for hydroxylation is 1. The van der Waals surface area contributed by atoms with Crippen LogP contribution in [0.1, 0.15) is 44.7 Å². The molecule has 0 saturated heterocycles. The molecule has 1 N–H and O–H groups in total.